The first-order valence-electron chi connectivity index (χ1n) is 8.62. The average Bonchev–Trinajstić information content (AvgIpc) is 2.71. The molecule has 2 aromatic rings. The van der Waals surface area contributed by atoms with Gasteiger partial charge in [-0.25, -0.2) is 0 Å². The minimum atomic E-state index is -3.99. The molecule has 164 valence electrons. The zero-order valence-corrected chi connectivity index (χ0v) is 18.3. The Morgan fingerprint density at radius 2 is 1.71 bits per heavy atom. The van der Waals surface area contributed by atoms with Gasteiger partial charge in [0.15, 0.2) is 16.6 Å². The van der Waals surface area contributed by atoms with Gasteiger partial charge in [0.1, 0.15) is 0 Å². The van der Waals surface area contributed by atoms with Gasteiger partial charge in [-0.05, 0) is 60.3 Å². The number of carbonyl (C=O) groups is 1. The van der Waals surface area contributed by atoms with Crippen LogP contribution >= 0.6 is 12.2 Å². The quantitative estimate of drug-likeness (QED) is 0.205. The van der Waals surface area contributed by atoms with Crippen molar-refractivity contribution in [2.45, 2.75) is 4.90 Å². The standard InChI is InChI=1S/C19H21N5O5S2/c1-28-15-9-3-12(11-16(15)29-2)4-10-17(25)23-19(30)22-13-5-7-14(8-6-13)31(26,27)24-18(20)21/h3-11H,1-2H3,(H4,20,21,24)(H2,22,23,25,30)/b10-4+. The molecule has 0 fully saturated rings. The Balaban J connectivity index is 1.97. The highest BCUT2D eigenvalue weighted by Crippen LogP contribution is 2.27. The van der Waals surface area contributed by atoms with E-state index in [2.05, 4.69) is 15.0 Å². The van der Waals surface area contributed by atoms with Gasteiger partial charge in [-0.3, -0.25) is 10.1 Å². The Morgan fingerprint density at radius 3 is 2.29 bits per heavy atom. The van der Waals surface area contributed by atoms with Crippen LogP contribution in [0.25, 0.3) is 6.08 Å². The van der Waals surface area contributed by atoms with E-state index in [-0.39, 0.29) is 10.0 Å². The number of nitrogens with two attached hydrogens (primary N) is 2. The van der Waals surface area contributed by atoms with Gasteiger partial charge in [0.05, 0.1) is 19.1 Å². The van der Waals surface area contributed by atoms with E-state index in [1.54, 1.807) is 24.3 Å². The first-order valence-corrected chi connectivity index (χ1v) is 10.5. The molecule has 0 aliphatic rings. The lowest BCUT2D eigenvalue weighted by atomic mass is 10.2. The van der Waals surface area contributed by atoms with E-state index in [4.69, 9.17) is 33.2 Å². The predicted molar refractivity (Wildman–Crippen MR) is 122 cm³/mol. The number of rotatable bonds is 7. The van der Waals surface area contributed by atoms with E-state index in [1.807, 2.05) is 0 Å². The normalized spacial score (nSPS) is 10.9. The second-order valence-electron chi connectivity index (χ2n) is 5.91. The van der Waals surface area contributed by atoms with Gasteiger partial charge in [-0.1, -0.05) is 6.07 Å². The molecule has 1 amide bonds. The van der Waals surface area contributed by atoms with Gasteiger partial charge in [-0.15, -0.1) is 4.40 Å². The molecule has 6 N–H and O–H groups in total. The molecule has 0 unspecified atom stereocenters. The van der Waals surface area contributed by atoms with Gasteiger partial charge >= 0.3 is 0 Å². The molecule has 12 heteroatoms. The molecular weight excluding hydrogens is 442 g/mol. The van der Waals surface area contributed by atoms with E-state index in [1.165, 1.54) is 44.6 Å². The number of sulfonamides is 1. The lowest BCUT2D eigenvalue weighted by Crippen LogP contribution is -2.32. The van der Waals surface area contributed by atoms with Crippen molar-refractivity contribution in [2.24, 2.45) is 15.9 Å². The summed E-state index contributed by atoms with van der Waals surface area (Å²) in [6, 6.07) is 10.7. The number of methoxy groups -OCH3 is 2. The fraction of sp³-hybridized carbons (Fsp3) is 0.105. The monoisotopic (exact) mass is 463 g/mol. The summed E-state index contributed by atoms with van der Waals surface area (Å²) in [5.74, 6) is 0.0885. The van der Waals surface area contributed by atoms with Crippen LogP contribution < -0.4 is 31.6 Å². The predicted octanol–water partition coefficient (Wildman–Crippen LogP) is 1.19. The number of benzene rings is 2. The van der Waals surface area contributed by atoms with Crippen molar-refractivity contribution < 1.29 is 22.7 Å². The third kappa shape index (κ3) is 6.97. The van der Waals surface area contributed by atoms with Crippen LogP contribution in [0, 0.1) is 0 Å². The molecule has 10 nitrogen and oxygen atoms in total. The molecule has 2 aromatic carbocycles. The fourth-order valence-electron chi connectivity index (χ4n) is 2.35. The number of carbonyl (C=O) groups excluding carboxylic acids is 1. The summed E-state index contributed by atoms with van der Waals surface area (Å²) in [6.07, 6.45) is 2.89. The molecule has 0 saturated carbocycles. The summed E-state index contributed by atoms with van der Waals surface area (Å²) in [7, 11) is -0.934. The Bertz CT molecular complexity index is 1120. The van der Waals surface area contributed by atoms with Crippen LogP contribution in [0.4, 0.5) is 5.69 Å². The van der Waals surface area contributed by atoms with Crippen molar-refractivity contribution in [3.63, 3.8) is 0 Å². The highest BCUT2D eigenvalue weighted by atomic mass is 32.2. The topological polar surface area (TPSA) is 158 Å². The number of nitrogens with one attached hydrogen (secondary N) is 2. The maximum atomic E-state index is 12.1. The van der Waals surface area contributed by atoms with E-state index in [0.717, 1.165) is 5.56 Å². The number of thiocarbonyl (C=S) groups is 1. The first-order chi connectivity index (χ1) is 14.6. The number of amides is 1. The molecule has 0 aromatic heterocycles. The fourth-order valence-corrected chi connectivity index (χ4v) is 3.43. The van der Waals surface area contributed by atoms with E-state index in [0.29, 0.717) is 17.2 Å². The third-order valence-corrected chi connectivity index (χ3v) is 5.23. The highest BCUT2D eigenvalue weighted by Gasteiger charge is 2.13. The molecule has 31 heavy (non-hydrogen) atoms. The third-order valence-electron chi connectivity index (χ3n) is 3.71. The summed E-state index contributed by atoms with van der Waals surface area (Å²) in [4.78, 5) is 12.0. The number of hydrogen-bond donors (Lipinski definition) is 4. The second kappa shape index (κ2) is 10.4. The van der Waals surface area contributed by atoms with Crippen molar-refractivity contribution in [1.82, 2.24) is 5.32 Å². The van der Waals surface area contributed by atoms with Crippen molar-refractivity contribution in [1.29, 1.82) is 0 Å². The number of hydrogen-bond acceptors (Lipinski definition) is 6. The van der Waals surface area contributed by atoms with Gasteiger partial charge in [-0.2, -0.15) is 8.42 Å². The van der Waals surface area contributed by atoms with Crippen LogP contribution in [0.2, 0.25) is 0 Å². The summed E-state index contributed by atoms with van der Waals surface area (Å²) in [5, 5.41) is 5.29. The van der Waals surface area contributed by atoms with Crippen molar-refractivity contribution >= 4 is 51.0 Å². The number of ether oxygens (including phenoxy) is 2. The molecule has 2 rings (SSSR count). The maximum absolute atomic E-state index is 12.1. The van der Waals surface area contributed by atoms with E-state index < -0.39 is 21.9 Å². The molecule has 0 atom stereocenters. The van der Waals surface area contributed by atoms with Crippen LogP contribution in [0.1, 0.15) is 5.56 Å². The van der Waals surface area contributed by atoms with Crippen molar-refractivity contribution in [3.8, 4) is 11.5 Å². The van der Waals surface area contributed by atoms with Crippen molar-refractivity contribution in [3.05, 3.63) is 54.1 Å². The van der Waals surface area contributed by atoms with Crippen LogP contribution in [0.15, 0.2) is 57.8 Å². The van der Waals surface area contributed by atoms with Crippen LogP contribution in [-0.4, -0.2) is 39.6 Å². The molecule has 0 aliphatic heterocycles. The molecular formula is C19H21N5O5S2. The second-order valence-corrected chi connectivity index (χ2v) is 7.92. The lowest BCUT2D eigenvalue weighted by molar-refractivity contribution is -0.115. The average molecular weight is 464 g/mol. The first kappa shape index (κ1) is 23.6. The largest absolute Gasteiger partial charge is 0.493 e. The lowest BCUT2D eigenvalue weighted by Gasteiger charge is -2.09. The van der Waals surface area contributed by atoms with Crippen molar-refractivity contribution in [2.75, 3.05) is 19.5 Å². The molecule has 0 radical (unpaired) electrons. The number of anilines is 1. The number of nitrogens with zero attached hydrogens (tertiary/aromatic N) is 1. The molecule has 0 aliphatic carbocycles. The Hall–Kier alpha value is -3.64. The van der Waals surface area contributed by atoms with Crippen LogP contribution in [0.3, 0.4) is 0 Å². The maximum Gasteiger partial charge on any atom is 0.285 e. The minimum absolute atomic E-state index is 0.0294. The van der Waals surface area contributed by atoms with E-state index >= 15 is 0 Å². The van der Waals surface area contributed by atoms with Gasteiger partial charge in [0.25, 0.3) is 10.0 Å². The molecule has 0 bridgehead atoms. The Morgan fingerprint density at radius 1 is 1.06 bits per heavy atom. The Labute approximate surface area is 185 Å². The minimum Gasteiger partial charge on any atom is -0.493 e. The van der Waals surface area contributed by atoms with Gasteiger partial charge in [0, 0.05) is 11.8 Å². The molecule has 0 saturated heterocycles. The van der Waals surface area contributed by atoms with Crippen LogP contribution in [0.5, 0.6) is 11.5 Å². The Kier molecular flexibility index (Phi) is 7.94. The smallest absolute Gasteiger partial charge is 0.285 e. The zero-order valence-electron chi connectivity index (χ0n) is 16.7. The molecule has 0 spiro atoms. The van der Waals surface area contributed by atoms with Gasteiger partial charge < -0.3 is 26.3 Å². The summed E-state index contributed by atoms with van der Waals surface area (Å²) in [5.41, 5.74) is 11.4. The van der Waals surface area contributed by atoms with E-state index in [9.17, 15) is 13.2 Å². The SMILES string of the molecule is COc1ccc(/C=C/C(=O)NC(=S)Nc2ccc(S(=O)(=O)N=C(N)N)cc2)cc1OC. The highest BCUT2D eigenvalue weighted by molar-refractivity contribution is 7.90. The summed E-state index contributed by atoms with van der Waals surface area (Å²) in [6.45, 7) is 0. The van der Waals surface area contributed by atoms with Gasteiger partial charge in [0.2, 0.25) is 11.9 Å². The number of guanidine groups is 1. The summed E-state index contributed by atoms with van der Waals surface area (Å²) >= 11 is 5.09. The molecule has 0 heterocycles. The van der Waals surface area contributed by atoms with Crippen LogP contribution in [-0.2, 0) is 14.8 Å². The zero-order chi connectivity index (χ0) is 23.0. The summed E-state index contributed by atoms with van der Waals surface area (Å²) < 4.78 is 37.4.